The summed E-state index contributed by atoms with van der Waals surface area (Å²) in [6.45, 7) is 1.72. The fourth-order valence-corrected chi connectivity index (χ4v) is 2.02. The Bertz CT molecular complexity index is 640. The first-order valence-electron chi connectivity index (χ1n) is 6.19. The first kappa shape index (κ1) is 12.7. The number of hydrogen-bond donors (Lipinski definition) is 1. The van der Waals surface area contributed by atoms with E-state index in [9.17, 15) is 9.50 Å². The molecule has 104 valence electrons. The van der Waals surface area contributed by atoms with E-state index >= 15 is 0 Å². The van der Waals surface area contributed by atoms with Gasteiger partial charge in [0.25, 0.3) is 0 Å². The Balaban J connectivity index is 1.95. The Labute approximate surface area is 115 Å². The average Bonchev–Trinajstić information content (AvgIpc) is 2.88. The number of aliphatic hydroxyl groups excluding tert-OH is 1. The molecule has 0 fully saturated rings. The van der Waals surface area contributed by atoms with E-state index in [1.54, 1.807) is 31.2 Å². The Kier molecular flexibility index (Phi) is 3.20. The third-order valence-corrected chi connectivity index (χ3v) is 3.01. The minimum absolute atomic E-state index is 0.0152. The number of halogens is 1. The summed E-state index contributed by atoms with van der Waals surface area (Å²) >= 11 is 0. The molecule has 0 spiro atoms. The SMILES string of the molecule is C[C@H](O)c1cccc(F)c1Oc1ccc2c(c1)OCO2. The van der Waals surface area contributed by atoms with Gasteiger partial charge in [-0.05, 0) is 25.1 Å². The topological polar surface area (TPSA) is 47.9 Å². The predicted molar refractivity (Wildman–Crippen MR) is 69.7 cm³/mol. The zero-order chi connectivity index (χ0) is 14.1. The van der Waals surface area contributed by atoms with Gasteiger partial charge >= 0.3 is 0 Å². The Morgan fingerprint density at radius 1 is 1.20 bits per heavy atom. The molecule has 0 saturated carbocycles. The molecule has 20 heavy (non-hydrogen) atoms. The van der Waals surface area contributed by atoms with E-state index in [1.165, 1.54) is 12.1 Å². The molecule has 0 aromatic heterocycles. The van der Waals surface area contributed by atoms with E-state index in [2.05, 4.69) is 0 Å². The maximum atomic E-state index is 13.9. The van der Waals surface area contributed by atoms with Crippen LogP contribution in [0, 0.1) is 5.82 Å². The van der Waals surface area contributed by atoms with Gasteiger partial charge in [0.1, 0.15) is 5.75 Å². The fraction of sp³-hybridized carbons (Fsp3) is 0.200. The Morgan fingerprint density at radius 3 is 2.80 bits per heavy atom. The summed E-state index contributed by atoms with van der Waals surface area (Å²) in [5.74, 6) is 1.09. The van der Waals surface area contributed by atoms with Crippen LogP contribution in [0.4, 0.5) is 4.39 Å². The second-order valence-corrected chi connectivity index (χ2v) is 4.45. The van der Waals surface area contributed by atoms with Crippen molar-refractivity contribution in [2.45, 2.75) is 13.0 Å². The molecule has 2 aromatic rings. The standard InChI is InChI=1S/C15H13FO4/c1-9(17)11-3-2-4-12(16)15(11)20-10-5-6-13-14(7-10)19-8-18-13/h2-7,9,17H,8H2,1H3/t9-/m0/s1. The number of benzene rings is 2. The monoisotopic (exact) mass is 276 g/mol. The highest BCUT2D eigenvalue weighted by Crippen LogP contribution is 2.38. The molecule has 0 unspecified atom stereocenters. The van der Waals surface area contributed by atoms with E-state index in [4.69, 9.17) is 14.2 Å². The minimum Gasteiger partial charge on any atom is -0.454 e. The largest absolute Gasteiger partial charge is 0.454 e. The van der Waals surface area contributed by atoms with Crippen molar-refractivity contribution in [2.24, 2.45) is 0 Å². The molecule has 0 amide bonds. The van der Waals surface area contributed by atoms with Crippen molar-refractivity contribution in [1.29, 1.82) is 0 Å². The molecule has 1 heterocycles. The van der Waals surface area contributed by atoms with E-state index in [-0.39, 0.29) is 12.5 Å². The van der Waals surface area contributed by atoms with Crippen LogP contribution in [0.3, 0.4) is 0 Å². The number of rotatable bonds is 3. The van der Waals surface area contributed by atoms with Crippen molar-refractivity contribution < 1.29 is 23.7 Å². The van der Waals surface area contributed by atoms with Gasteiger partial charge in [-0.2, -0.15) is 0 Å². The van der Waals surface area contributed by atoms with Gasteiger partial charge in [0.15, 0.2) is 23.1 Å². The van der Waals surface area contributed by atoms with Crippen LogP contribution >= 0.6 is 0 Å². The second kappa shape index (κ2) is 5.02. The number of ether oxygens (including phenoxy) is 3. The van der Waals surface area contributed by atoms with Crippen LogP contribution in [0.25, 0.3) is 0 Å². The van der Waals surface area contributed by atoms with Crippen LogP contribution in [0.2, 0.25) is 0 Å². The predicted octanol–water partition coefficient (Wildman–Crippen LogP) is 3.40. The number of fused-ring (bicyclic) bond motifs is 1. The van der Waals surface area contributed by atoms with Crippen LogP contribution in [0.1, 0.15) is 18.6 Å². The van der Waals surface area contributed by atoms with Crippen LogP contribution in [-0.4, -0.2) is 11.9 Å². The summed E-state index contributed by atoms with van der Waals surface area (Å²) in [5, 5.41) is 9.67. The van der Waals surface area contributed by atoms with Gasteiger partial charge in [-0.25, -0.2) is 4.39 Å². The molecule has 3 rings (SSSR count). The minimum atomic E-state index is -0.824. The van der Waals surface area contributed by atoms with Crippen LogP contribution in [0.15, 0.2) is 36.4 Å². The lowest BCUT2D eigenvalue weighted by molar-refractivity contribution is 0.174. The maximum absolute atomic E-state index is 13.9. The summed E-state index contributed by atoms with van der Waals surface area (Å²) in [6.07, 6.45) is -0.824. The van der Waals surface area contributed by atoms with Gasteiger partial charge in [0, 0.05) is 11.6 Å². The summed E-state index contributed by atoms with van der Waals surface area (Å²) in [7, 11) is 0. The van der Waals surface area contributed by atoms with E-state index in [0.29, 0.717) is 22.8 Å². The van der Waals surface area contributed by atoms with Crippen molar-refractivity contribution in [3.05, 3.63) is 47.8 Å². The van der Waals surface area contributed by atoms with E-state index in [1.807, 2.05) is 0 Å². The van der Waals surface area contributed by atoms with Crippen molar-refractivity contribution in [3.63, 3.8) is 0 Å². The second-order valence-electron chi connectivity index (χ2n) is 4.45. The van der Waals surface area contributed by atoms with Gasteiger partial charge < -0.3 is 19.3 Å². The van der Waals surface area contributed by atoms with Crippen LogP contribution < -0.4 is 14.2 Å². The van der Waals surface area contributed by atoms with Crippen molar-refractivity contribution in [1.82, 2.24) is 0 Å². The molecule has 0 bridgehead atoms. The smallest absolute Gasteiger partial charge is 0.231 e. The van der Waals surface area contributed by atoms with Crippen molar-refractivity contribution in [3.8, 4) is 23.0 Å². The maximum Gasteiger partial charge on any atom is 0.231 e. The fourth-order valence-electron chi connectivity index (χ4n) is 2.02. The zero-order valence-corrected chi connectivity index (χ0v) is 10.8. The highest BCUT2D eigenvalue weighted by Gasteiger charge is 2.17. The Hall–Kier alpha value is -2.27. The van der Waals surface area contributed by atoms with Crippen LogP contribution in [-0.2, 0) is 0 Å². The summed E-state index contributed by atoms with van der Waals surface area (Å²) in [4.78, 5) is 0. The van der Waals surface area contributed by atoms with Crippen molar-refractivity contribution >= 4 is 0 Å². The summed E-state index contributed by atoms with van der Waals surface area (Å²) in [5.41, 5.74) is 0.391. The van der Waals surface area contributed by atoms with E-state index in [0.717, 1.165) is 0 Å². The first-order valence-corrected chi connectivity index (χ1v) is 6.19. The molecular formula is C15H13FO4. The molecular weight excluding hydrogens is 263 g/mol. The normalized spacial score (nSPS) is 14.2. The lowest BCUT2D eigenvalue weighted by Crippen LogP contribution is -1.98. The zero-order valence-electron chi connectivity index (χ0n) is 10.8. The third-order valence-electron chi connectivity index (χ3n) is 3.01. The number of para-hydroxylation sites is 1. The molecule has 1 aliphatic rings. The Morgan fingerprint density at radius 2 is 2.00 bits per heavy atom. The lowest BCUT2D eigenvalue weighted by atomic mass is 10.1. The van der Waals surface area contributed by atoms with Gasteiger partial charge in [-0.3, -0.25) is 0 Å². The molecule has 2 aromatic carbocycles. The first-order chi connectivity index (χ1) is 9.65. The van der Waals surface area contributed by atoms with E-state index < -0.39 is 11.9 Å². The lowest BCUT2D eigenvalue weighted by Gasteiger charge is -2.14. The quantitative estimate of drug-likeness (QED) is 0.933. The molecule has 4 nitrogen and oxygen atoms in total. The van der Waals surface area contributed by atoms with Gasteiger partial charge in [-0.1, -0.05) is 12.1 Å². The molecule has 1 N–H and O–H groups in total. The molecule has 1 aliphatic heterocycles. The van der Waals surface area contributed by atoms with Gasteiger partial charge in [-0.15, -0.1) is 0 Å². The molecule has 0 radical (unpaired) electrons. The molecule has 0 aliphatic carbocycles. The summed E-state index contributed by atoms with van der Waals surface area (Å²) < 4.78 is 29.9. The molecule has 0 saturated heterocycles. The molecule has 5 heteroatoms. The van der Waals surface area contributed by atoms with Crippen LogP contribution in [0.5, 0.6) is 23.0 Å². The highest BCUT2D eigenvalue weighted by atomic mass is 19.1. The van der Waals surface area contributed by atoms with Crippen molar-refractivity contribution in [2.75, 3.05) is 6.79 Å². The van der Waals surface area contributed by atoms with Gasteiger partial charge in [0.05, 0.1) is 6.10 Å². The summed E-state index contributed by atoms with van der Waals surface area (Å²) in [6, 6.07) is 9.42. The third kappa shape index (κ3) is 2.28. The number of aliphatic hydroxyl groups is 1. The average molecular weight is 276 g/mol. The number of hydrogen-bond acceptors (Lipinski definition) is 4. The highest BCUT2D eigenvalue weighted by molar-refractivity contribution is 5.49. The molecule has 1 atom stereocenters. The van der Waals surface area contributed by atoms with Gasteiger partial charge in [0.2, 0.25) is 6.79 Å².